The number of carbonyl (C=O) groups excluding carboxylic acids is 1. The van der Waals surface area contributed by atoms with Gasteiger partial charge >= 0.3 is 5.97 Å². The van der Waals surface area contributed by atoms with E-state index < -0.39 is 0 Å². The summed E-state index contributed by atoms with van der Waals surface area (Å²) in [6, 6.07) is 10.1. The molecule has 2 nitrogen and oxygen atoms in total. The van der Waals surface area contributed by atoms with Gasteiger partial charge in [-0.25, -0.2) is 0 Å². The van der Waals surface area contributed by atoms with E-state index in [1.807, 2.05) is 30.3 Å². The van der Waals surface area contributed by atoms with Gasteiger partial charge in [0.15, 0.2) is 0 Å². The van der Waals surface area contributed by atoms with Crippen molar-refractivity contribution in [3.8, 4) is 0 Å². The number of benzene rings is 1. The summed E-state index contributed by atoms with van der Waals surface area (Å²) < 4.78 is 5.39. The highest BCUT2D eigenvalue weighted by Crippen LogP contribution is 2.52. The molecule has 1 saturated carbocycles. The van der Waals surface area contributed by atoms with Crippen molar-refractivity contribution < 1.29 is 9.53 Å². The fourth-order valence-electron chi connectivity index (χ4n) is 3.12. The van der Waals surface area contributed by atoms with Gasteiger partial charge in [-0.3, -0.25) is 4.79 Å². The summed E-state index contributed by atoms with van der Waals surface area (Å²) >= 11 is 0. The summed E-state index contributed by atoms with van der Waals surface area (Å²) in [4.78, 5) is 11.9. The second-order valence-electron chi connectivity index (χ2n) is 4.61. The van der Waals surface area contributed by atoms with Gasteiger partial charge < -0.3 is 4.74 Å². The SMILES string of the molecule is C[C@@H]1[C@@H]2CC[C@]1(c1ccccc1)C(=O)O2. The number of ether oxygens (including phenoxy) is 1. The molecule has 0 radical (unpaired) electrons. The predicted octanol–water partition coefficient (Wildman–Crippen LogP) is 2.28. The molecule has 0 unspecified atom stereocenters. The molecule has 3 atom stereocenters. The molecule has 1 aromatic rings. The Balaban J connectivity index is 2.13. The van der Waals surface area contributed by atoms with Crippen LogP contribution in [-0.2, 0) is 14.9 Å². The number of hydrogen-bond acceptors (Lipinski definition) is 2. The normalized spacial score (nSPS) is 38.1. The van der Waals surface area contributed by atoms with E-state index in [0.717, 1.165) is 18.4 Å². The van der Waals surface area contributed by atoms with Gasteiger partial charge in [0.2, 0.25) is 0 Å². The van der Waals surface area contributed by atoms with Crippen LogP contribution in [0.15, 0.2) is 30.3 Å². The van der Waals surface area contributed by atoms with Crippen molar-refractivity contribution in [2.75, 3.05) is 0 Å². The maximum atomic E-state index is 11.9. The lowest BCUT2D eigenvalue weighted by atomic mass is 9.74. The van der Waals surface area contributed by atoms with Crippen LogP contribution in [0.3, 0.4) is 0 Å². The maximum Gasteiger partial charge on any atom is 0.317 e. The molecule has 1 aromatic carbocycles. The maximum absolute atomic E-state index is 11.9. The van der Waals surface area contributed by atoms with Crippen molar-refractivity contribution in [2.24, 2.45) is 5.92 Å². The van der Waals surface area contributed by atoms with Crippen LogP contribution < -0.4 is 0 Å². The Hall–Kier alpha value is -1.31. The first-order chi connectivity index (χ1) is 7.25. The summed E-state index contributed by atoms with van der Waals surface area (Å²) in [5.74, 6) is 0.310. The van der Waals surface area contributed by atoms with Gasteiger partial charge in [-0.05, 0) is 18.4 Å². The quantitative estimate of drug-likeness (QED) is 0.653. The van der Waals surface area contributed by atoms with Crippen LogP contribution in [0.5, 0.6) is 0 Å². The number of esters is 1. The molecule has 1 heterocycles. The molecule has 3 rings (SSSR count). The zero-order valence-electron chi connectivity index (χ0n) is 8.77. The molecule has 78 valence electrons. The Labute approximate surface area is 89.2 Å². The smallest absolute Gasteiger partial charge is 0.317 e. The standard InChI is InChI=1S/C13H14O2/c1-9-11-7-8-13(9,12(14)15-11)10-5-3-2-4-6-10/h2-6,9,11H,7-8H2,1H3/t9-,11+,13+/m1/s1. The van der Waals surface area contributed by atoms with Gasteiger partial charge in [0.05, 0.1) is 5.41 Å². The number of fused-ring (bicyclic) bond motifs is 2. The number of carbonyl (C=O) groups is 1. The van der Waals surface area contributed by atoms with E-state index >= 15 is 0 Å². The largest absolute Gasteiger partial charge is 0.461 e. The molecule has 2 heteroatoms. The topological polar surface area (TPSA) is 26.3 Å². The van der Waals surface area contributed by atoms with Gasteiger partial charge in [-0.1, -0.05) is 37.3 Å². The summed E-state index contributed by atoms with van der Waals surface area (Å²) in [5.41, 5.74) is 0.786. The van der Waals surface area contributed by atoms with Crippen molar-refractivity contribution >= 4 is 5.97 Å². The van der Waals surface area contributed by atoms with Gasteiger partial charge in [0.1, 0.15) is 6.10 Å². The highest BCUT2D eigenvalue weighted by atomic mass is 16.6. The average Bonchev–Trinajstić information content (AvgIpc) is 2.71. The van der Waals surface area contributed by atoms with E-state index in [0.29, 0.717) is 5.92 Å². The van der Waals surface area contributed by atoms with Crippen molar-refractivity contribution in [1.29, 1.82) is 0 Å². The van der Waals surface area contributed by atoms with E-state index in [-0.39, 0.29) is 17.5 Å². The van der Waals surface area contributed by atoms with Crippen molar-refractivity contribution in [1.82, 2.24) is 0 Å². The summed E-state index contributed by atoms with van der Waals surface area (Å²) in [5, 5.41) is 0. The fourth-order valence-corrected chi connectivity index (χ4v) is 3.12. The summed E-state index contributed by atoms with van der Waals surface area (Å²) in [6.45, 7) is 2.13. The Morgan fingerprint density at radius 2 is 2.07 bits per heavy atom. The Morgan fingerprint density at radius 1 is 1.33 bits per heavy atom. The predicted molar refractivity (Wildman–Crippen MR) is 56.4 cm³/mol. The second-order valence-corrected chi connectivity index (χ2v) is 4.61. The summed E-state index contributed by atoms with van der Waals surface area (Å²) in [7, 11) is 0. The van der Waals surface area contributed by atoms with Crippen molar-refractivity contribution in [2.45, 2.75) is 31.3 Å². The molecule has 2 fully saturated rings. The lowest BCUT2D eigenvalue weighted by molar-refractivity contribution is -0.149. The van der Waals surface area contributed by atoms with Crippen LogP contribution in [-0.4, -0.2) is 12.1 Å². The molecule has 2 aliphatic rings. The number of hydrogen-bond donors (Lipinski definition) is 0. The molecule has 2 bridgehead atoms. The minimum absolute atomic E-state index is 0.0162. The average molecular weight is 202 g/mol. The lowest BCUT2D eigenvalue weighted by Crippen LogP contribution is -2.34. The zero-order valence-corrected chi connectivity index (χ0v) is 8.77. The molecule has 1 aliphatic carbocycles. The molecule has 0 N–H and O–H groups in total. The van der Waals surface area contributed by atoms with Crippen molar-refractivity contribution in [3.63, 3.8) is 0 Å². The molecule has 0 spiro atoms. The Morgan fingerprint density at radius 3 is 2.60 bits per heavy atom. The molecule has 0 aromatic heterocycles. The van der Waals surface area contributed by atoms with E-state index in [4.69, 9.17) is 4.74 Å². The van der Waals surface area contributed by atoms with Gasteiger partial charge in [0, 0.05) is 5.92 Å². The molecule has 1 saturated heterocycles. The van der Waals surface area contributed by atoms with Crippen LogP contribution in [0.2, 0.25) is 0 Å². The van der Waals surface area contributed by atoms with E-state index in [9.17, 15) is 4.79 Å². The van der Waals surface area contributed by atoms with Crippen molar-refractivity contribution in [3.05, 3.63) is 35.9 Å². The first kappa shape index (κ1) is 8.96. The van der Waals surface area contributed by atoms with Crippen LogP contribution in [0.1, 0.15) is 25.3 Å². The van der Waals surface area contributed by atoms with Crippen LogP contribution in [0.4, 0.5) is 0 Å². The first-order valence-corrected chi connectivity index (χ1v) is 5.52. The molecule has 0 amide bonds. The van der Waals surface area contributed by atoms with E-state index in [1.165, 1.54) is 0 Å². The molecular formula is C13H14O2. The number of rotatable bonds is 1. The Bertz CT molecular complexity index is 398. The third kappa shape index (κ3) is 0.969. The summed E-state index contributed by atoms with van der Waals surface area (Å²) in [6.07, 6.45) is 2.11. The zero-order chi connectivity index (χ0) is 10.5. The van der Waals surface area contributed by atoms with Gasteiger partial charge in [0.25, 0.3) is 0 Å². The minimum atomic E-state index is -0.341. The van der Waals surface area contributed by atoms with Crippen LogP contribution in [0, 0.1) is 5.92 Å². The molecule has 1 aliphatic heterocycles. The fraction of sp³-hybridized carbons (Fsp3) is 0.462. The highest BCUT2D eigenvalue weighted by molar-refractivity contribution is 5.87. The minimum Gasteiger partial charge on any atom is -0.461 e. The van der Waals surface area contributed by atoms with Gasteiger partial charge in [-0.15, -0.1) is 0 Å². The third-order valence-corrected chi connectivity index (χ3v) is 4.07. The van der Waals surface area contributed by atoms with Gasteiger partial charge in [-0.2, -0.15) is 0 Å². The third-order valence-electron chi connectivity index (χ3n) is 4.07. The lowest BCUT2D eigenvalue weighted by Gasteiger charge is -2.26. The monoisotopic (exact) mass is 202 g/mol. The van der Waals surface area contributed by atoms with Crippen LogP contribution >= 0.6 is 0 Å². The molecule has 15 heavy (non-hydrogen) atoms. The van der Waals surface area contributed by atoms with E-state index in [2.05, 4.69) is 6.92 Å². The Kier molecular flexibility index (Phi) is 1.70. The first-order valence-electron chi connectivity index (χ1n) is 5.52. The van der Waals surface area contributed by atoms with E-state index in [1.54, 1.807) is 0 Å². The van der Waals surface area contributed by atoms with Crippen LogP contribution in [0.25, 0.3) is 0 Å². The highest BCUT2D eigenvalue weighted by Gasteiger charge is 2.60. The molecular weight excluding hydrogens is 188 g/mol. The second kappa shape index (κ2) is 2.84.